The predicted molar refractivity (Wildman–Crippen MR) is 168 cm³/mol. The van der Waals surface area contributed by atoms with E-state index in [4.69, 9.17) is 27.9 Å². The van der Waals surface area contributed by atoms with E-state index < -0.39 is 28.5 Å². The van der Waals surface area contributed by atoms with Crippen molar-refractivity contribution in [2.45, 2.75) is 52.1 Å². The maximum atomic E-state index is 14.0. The molecule has 0 heterocycles. The summed E-state index contributed by atoms with van der Waals surface area (Å²) in [6.45, 7) is 9.59. The number of hydrogen-bond donors (Lipinski definition) is 1. The Hall–Kier alpha value is -3.27. The van der Waals surface area contributed by atoms with Crippen LogP contribution in [-0.2, 0) is 26.2 Å². The average molecular weight is 635 g/mol. The monoisotopic (exact) mass is 633 g/mol. The third-order valence-corrected chi connectivity index (χ3v) is 9.04. The Morgan fingerprint density at radius 2 is 1.57 bits per heavy atom. The van der Waals surface area contributed by atoms with Gasteiger partial charge in [0.1, 0.15) is 18.3 Å². The van der Waals surface area contributed by atoms with Crippen LogP contribution < -0.4 is 14.4 Å². The first kappa shape index (κ1) is 33.2. The van der Waals surface area contributed by atoms with E-state index in [2.05, 4.69) is 5.32 Å². The van der Waals surface area contributed by atoms with Crippen LogP contribution in [0.15, 0.2) is 71.6 Å². The second kappa shape index (κ2) is 14.8. The number of rotatable bonds is 13. The SMILES string of the molecule is CCOc1ccc(N(CC(=O)N(Cc2ccc(Cl)c(Cl)c2)[C@H](C)C(=O)NCC(C)C)S(=O)(=O)c2ccc(C)cc2)cc1. The molecule has 0 radical (unpaired) electrons. The standard InChI is InChI=1S/C31H37Cl2N3O5S/c1-6-41-26-12-10-25(11-13-26)36(42(39,40)27-14-7-22(4)8-15-27)20-30(37)35(23(5)31(38)34-18-21(2)3)19-24-9-16-28(32)29(33)17-24/h7-17,21,23H,6,18-20H2,1-5H3,(H,34,38)/t23-/m1/s1. The van der Waals surface area contributed by atoms with Crippen LogP contribution in [0.5, 0.6) is 5.75 Å². The van der Waals surface area contributed by atoms with Gasteiger partial charge in [0.05, 0.1) is 27.2 Å². The van der Waals surface area contributed by atoms with Crippen LogP contribution in [0.2, 0.25) is 10.0 Å². The number of hydrogen-bond acceptors (Lipinski definition) is 5. The van der Waals surface area contributed by atoms with E-state index in [9.17, 15) is 18.0 Å². The Morgan fingerprint density at radius 3 is 2.14 bits per heavy atom. The number of carbonyl (C=O) groups excluding carboxylic acids is 2. The molecule has 42 heavy (non-hydrogen) atoms. The minimum Gasteiger partial charge on any atom is -0.494 e. The zero-order chi connectivity index (χ0) is 31.0. The molecule has 0 unspecified atom stereocenters. The number of benzene rings is 3. The summed E-state index contributed by atoms with van der Waals surface area (Å²) in [5.41, 5.74) is 1.81. The third kappa shape index (κ3) is 8.63. The van der Waals surface area contributed by atoms with Crippen LogP contribution in [0, 0.1) is 12.8 Å². The van der Waals surface area contributed by atoms with Gasteiger partial charge in [-0.05, 0) is 80.8 Å². The van der Waals surface area contributed by atoms with E-state index in [0.29, 0.717) is 34.5 Å². The van der Waals surface area contributed by atoms with Crippen molar-refractivity contribution in [2.24, 2.45) is 5.92 Å². The molecule has 0 saturated carbocycles. The van der Waals surface area contributed by atoms with Crippen LogP contribution >= 0.6 is 23.2 Å². The molecule has 3 aromatic carbocycles. The molecule has 1 N–H and O–H groups in total. The molecule has 0 fully saturated rings. The molecule has 0 aliphatic rings. The summed E-state index contributed by atoms with van der Waals surface area (Å²) in [7, 11) is -4.17. The van der Waals surface area contributed by atoms with Crippen LogP contribution in [-0.4, -0.2) is 50.9 Å². The molecule has 11 heteroatoms. The van der Waals surface area contributed by atoms with Crippen molar-refractivity contribution < 1.29 is 22.7 Å². The highest BCUT2D eigenvalue weighted by molar-refractivity contribution is 7.92. The number of aryl methyl sites for hydroxylation is 1. The van der Waals surface area contributed by atoms with E-state index in [0.717, 1.165) is 9.87 Å². The first-order valence-corrected chi connectivity index (χ1v) is 15.9. The lowest BCUT2D eigenvalue weighted by atomic mass is 10.1. The fourth-order valence-electron chi connectivity index (χ4n) is 4.11. The van der Waals surface area contributed by atoms with Crippen LogP contribution in [0.4, 0.5) is 5.69 Å². The lowest BCUT2D eigenvalue weighted by Gasteiger charge is -2.32. The van der Waals surface area contributed by atoms with Gasteiger partial charge < -0.3 is 15.0 Å². The number of amides is 2. The summed E-state index contributed by atoms with van der Waals surface area (Å²) in [5, 5.41) is 3.52. The highest BCUT2D eigenvalue weighted by atomic mass is 35.5. The fraction of sp³-hybridized carbons (Fsp3) is 0.355. The summed E-state index contributed by atoms with van der Waals surface area (Å²) < 4.78 is 34.5. The molecule has 0 saturated heterocycles. The smallest absolute Gasteiger partial charge is 0.264 e. The number of anilines is 1. The third-order valence-electron chi connectivity index (χ3n) is 6.51. The minimum absolute atomic E-state index is 0.00762. The Morgan fingerprint density at radius 1 is 0.929 bits per heavy atom. The Kier molecular flexibility index (Phi) is 11.7. The molecule has 0 aromatic heterocycles. The summed E-state index contributed by atoms with van der Waals surface area (Å²) in [6, 6.07) is 16.9. The molecule has 0 spiro atoms. The van der Waals surface area contributed by atoms with Gasteiger partial charge in [-0.2, -0.15) is 0 Å². The van der Waals surface area contributed by atoms with Crippen molar-refractivity contribution in [2.75, 3.05) is 24.0 Å². The number of nitrogens with one attached hydrogen (secondary N) is 1. The summed E-state index contributed by atoms with van der Waals surface area (Å²) in [4.78, 5) is 28.5. The first-order chi connectivity index (χ1) is 19.8. The number of nitrogens with zero attached hydrogens (tertiary/aromatic N) is 2. The van der Waals surface area contributed by atoms with Crippen molar-refractivity contribution in [3.05, 3.63) is 87.9 Å². The first-order valence-electron chi connectivity index (χ1n) is 13.7. The van der Waals surface area contributed by atoms with Gasteiger partial charge in [-0.15, -0.1) is 0 Å². The summed E-state index contributed by atoms with van der Waals surface area (Å²) in [6.07, 6.45) is 0. The molecule has 0 aliphatic carbocycles. The van der Waals surface area contributed by atoms with Crippen LogP contribution in [0.25, 0.3) is 0 Å². The molecule has 1 atom stereocenters. The average Bonchev–Trinajstić information content (AvgIpc) is 2.95. The van der Waals surface area contributed by atoms with Gasteiger partial charge in [-0.3, -0.25) is 13.9 Å². The predicted octanol–water partition coefficient (Wildman–Crippen LogP) is 6.09. The van der Waals surface area contributed by atoms with Gasteiger partial charge in [0, 0.05) is 13.1 Å². The Labute approximate surface area is 258 Å². The summed E-state index contributed by atoms with van der Waals surface area (Å²) in [5.74, 6) is -0.156. The maximum absolute atomic E-state index is 14.0. The largest absolute Gasteiger partial charge is 0.494 e. The van der Waals surface area contributed by atoms with Crippen molar-refractivity contribution in [3.8, 4) is 5.75 Å². The maximum Gasteiger partial charge on any atom is 0.264 e. The van der Waals surface area contributed by atoms with Crippen molar-refractivity contribution >= 4 is 50.7 Å². The molecule has 3 rings (SSSR count). The molecule has 226 valence electrons. The normalized spacial score (nSPS) is 12.1. The number of halogens is 2. The highest BCUT2D eigenvalue weighted by Crippen LogP contribution is 2.28. The number of ether oxygens (including phenoxy) is 1. The molecule has 2 amide bonds. The second-order valence-corrected chi connectivity index (χ2v) is 13.0. The van der Waals surface area contributed by atoms with E-state index in [1.807, 2.05) is 27.7 Å². The Balaban J connectivity index is 2.03. The van der Waals surface area contributed by atoms with Gasteiger partial charge in [0.25, 0.3) is 10.0 Å². The van der Waals surface area contributed by atoms with E-state index in [1.165, 1.54) is 17.0 Å². The van der Waals surface area contributed by atoms with E-state index in [-0.39, 0.29) is 29.0 Å². The van der Waals surface area contributed by atoms with Crippen molar-refractivity contribution in [1.29, 1.82) is 0 Å². The molecule has 3 aromatic rings. The van der Waals surface area contributed by atoms with E-state index in [1.54, 1.807) is 61.5 Å². The fourth-order valence-corrected chi connectivity index (χ4v) is 5.85. The van der Waals surface area contributed by atoms with Gasteiger partial charge in [-0.1, -0.05) is 60.8 Å². The molecular formula is C31H37Cl2N3O5S. The van der Waals surface area contributed by atoms with Crippen LogP contribution in [0.3, 0.4) is 0 Å². The quantitative estimate of drug-likeness (QED) is 0.246. The van der Waals surface area contributed by atoms with Gasteiger partial charge in [0.2, 0.25) is 11.8 Å². The van der Waals surface area contributed by atoms with E-state index >= 15 is 0 Å². The minimum atomic E-state index is -4.17. The lowest BCUT2D eigenvalue weighted by molar-refractivity contribution is -0.139. The molecular weight excluding hydrogens is 597 g/mol. The molecule has 8 nitrogen and oxygen atoms in total. The zero-order valence-corrected chi connectivity index (χ0v) is 26.8. The molecule has 0 bridgehead atoms. The zero-order valence-electron chi connectivity index (χ0n) is 24.4. The van der Waals surface area contributed by atoms with Gasteiger partial charge in [0.15, 0.2) is 0 Å². The molecule has 0 aliphatic heterocycles. The van der Waals surface area contributed by atoms with Crippen molar-refractivity contribution in [1.82, 2.24) is 10.2 Å². The second-order valence-electron chi connectivity index (χ2n) is 10.3. The lowest BCUT2D eigenvalue weighted by Crippen LogP contribution is -2.51. The van der Waals surface area contributed by atoms with Crippen molar-refractivity contribution in [3.63, 3.8) is 0 Å². The van der Waals surface area contributed by atoms with Crippen LogP contribution in [0.1, 0.15) is 38.8 Å². The number of carbonyl (C=O) groups is 2. The highest BCUT2D eigenvalue weighted by Gasteiger charge is 2.32. The van der Waals surface area contributed by atoms with Gasteiger partial charge in [-0.25, -0.2) is 8.42 Å². The topological polar surface area (TPSA) is 96.0 Å². The summed E-state index contributed by atoms with van der Waals surface area (Å²) >= 11 is 12.3. The van der Waals surface area contributed by atoms with Gasteiger partial charge >= 0.3 is 0 Å². The number of sulfonamides is 1. The Bertz CT molecular complexity index is 1480.